The third kappa shape index (κ3) is 7.38. The van der Waals surface area contributed by atoms with E-state index in [0.717, 1.165) is 36.3 Å². The first kappa shape index (κ1) is 33.8. The van der Waals surface area contributed by atoms with Crippen LogP contribution in [0.4, 0.5) is 5.69 Å². The molecule has 2 aliphatic rings. The van der Waals surface area contributed by atoms with Gasteiger partial charge in [0.1, 0.15) is 6.04 Å². The van der Waals surface area contributed by atoms with E-state index in [-0.39, 0.29) is 23.2 Å². The number of hydrogen-bond acceptors (Lipinski definition) is 8. The van der Waals surface area contributed by atoms with Gasteiger partial charge in [0.2, 0.25) is 23.0 Å². The van der Waals surface area contributed by atoms with Crippen molar-refractivity contribution in [2.45, 2.75) is 52.2 Å². The maximum atomic E-state index is 13.9. The summed E-state index contributed by atoms with van der Waals surface area (Å²) >= 11 is 0. The summed E-state index contributed by atoms with van der Waals surface area (Å²) in [6, 6.07) is 16.4. The van der Waals surface area contributed by atoms with Gasteiger partial charge in [-0.15, -0.1) is 0 Å². The number of carbonyl (C=O) groups excluding carboxylic acids is 2. The van der Waals surface area contributed by atoms with Gasteiger partial charge in [-0.2, -0.15) is 0 Å². The number of anilines is 1. The highest BCUT2D eigenvalue weighted by Gasteiger charge is 2.32. The van der Waals surface area contributed by atoms with Gasteiger partial charge in [0.25, 0.3) is 0 Å². The predicted molar refractivity (Wildman–Crippen MR) is 183 cm³/mol. The Hall–Kier alpha value is -4.57. The summed E-state index contributed by atoms with van der Waals surface area (Å²) in [5.41, 5.74) is 4.44. The Kier molecular flexibility index (Phi) is 10.7. The first-order valence-corrected chi connectivity index (χ1v) is 16.2. The quantitative estimate of drug-likeness (QED) is 0.329. The summed E-state index contributed by atoms with van der Waals surface area (Å²) in [6.07, 6.45) is 1.17. The predicted octanol–water partition coefficient (Wildman–Crippen LogP) is 4.64. The van der Waals surface area contributed by atoms with E-state index in [1.807, 2.05) is 49.1 Å². The third-order valence-electron chi connectivity index (χ3n) is 9.09. The van der Waals surface area contributed by atoms with Crippen molar-refractivity contribution in [2.24, 2.45) is 5.92 Å². The minimum atomic E-state index is -0.595. The molecule has 1 saturated heterocycles. The molecule has 10 nitrogen and oxygen atoms in total. The van der Waals surface area contributed by atoms with Crippen molar-refractivity contribution in [2.75, 3.05) is 52.8 Å². The van der Waals surface area contributed by atoms with Crippen LogP contribution in [-0.2, 0) is 22.6 Å². The lowest BCUT2D eigenvalue weighted by molar-refractivity contribution is -0.134. The van der Waals surface area contributed by atoms with Crippen molar-refractivity contribution < 1.29 is 23.8 Å². The number of benzene rings is 2. The van der Waals surface area contributed by atoms with Gasteiger partial charge in [-0.1, -0.05) is 50.2 Å². The fraction of sp³-hybridized carbons (Fsp3) is 0.432. The van der Waals surface area contributed by atoms with Crippen molar-refractivity contribution >= 4 is 17.5 Å². The highest BCUT2D eigenvalue weighted by Crippen LogP contribution is 2.50. The van der Waals surface area contributed by atoms with Gasteiger partial charge in [-0.25, -0.2) is 0 Å². The van der Waals surface area contributed by atoms with Crippen LogP contribution in [0.25, 0.3) is 11.1 Å². The molecule has 47 heavy (non-hydrogen) atoms. The van der Waals surface area contributed by atoms with Crippen LogP contribution in [-0.4, -0.2) is 75.2 Å². The average Bonchev–Trinajstić information content (AvgIpc) is 3.31. The lowest BCUT2D eigenvalue weighted by atomic mass is 9.95. The second kappa shape index (κ2) is 14.9. The number of methoxy groups -OCH3 is 3. The molecular formula is C37H46N4O6. The monoisotopic (exact) mass is 642 g/mol. The molecule has 0 aromatic heterocycles. The van der Waals surface area contributed by atoms with Crippen molar-refractivity contribution in [3.8, 4) is 28.4 Å². The standard InChI is InChI=1S/C37H46N4O6/c1-23(2)34(37(44)41-18-16-40(17-19-41)22-25-10-8-7-9-11-25)39-30-15-13-27-28(21-31(30)43)29(38-24(3)42)14-12-26-20-32(45-4)35(46-5)36(47-6)33(26)27/h7-11,13,15,20-21,23,29,34H,12,14,16-19,22H2,1-6H3,(H,38,42)(H,39,43). The Morgan fingerprint density at radius 1 is 0.915 bits per heavy atom. The maximum Gasteiger partial charge on any atom is 0.245 e. The van der Waals surface area contributed by atoms with Gasteiger partial charge >= 0.3 is 0 Å². The minimum absolute atomic E-state index is 0.0215. The molecule has 1 heterocycles. The van der Waals surface area contributed by atoms with Gasteiger partial charge < -0.3 is 29.7 Å². The molecule has 2 N–H and O–H groups in total. The van der Waals surface area contributed by atoms with Crippen LogP contribution < -0.4 is 30.3 Å². The first-order chi connectivity index (χ1) is 22.6. The number of nitrogens with one attached hydrogen (secondary N) is 2. The zero-order valence-electron chi connectivity index (χ0n) is 28.2. The molecule has 3 aromatic rings. The summed E-state index contributed by atoms with van der Waals surface area (Å²) in [7, 11) is 4.70. The molecule has 0 bridgehead atoms. The van der Waals surface area contributed by atoms with Crippen LogP contribution in [0.2, 0.25) is 0 Å². The Balaban J connectivity index is 1.47. The second-order valence-corrected chi connectivity index (χ2v) is 12.5. The van der Waals surface area contributed by atoms with Crippen LogP contribution in [0.1, 0.15) is 49.9 Å². The fourth-order valence-corrected chi connectivity index (χ4v) is 6.67. The summed E-state index contributed by atoms with van der Waals surface area (Å²) in [6.45, 7) is 9.10. The van der Waals surface area contributed by atoms with E-state index in [2.05, 4.69) is 27.7 Å². The SMILES string of the molecule is COc1cc2c(c(OC)c1OC)-c1ccc(NC(C(=O)N3CCN(Cc4ccccc4)CC3)C(C)C)c(=O)cc1C(NC(C)=O)CC2. The number of fused-ring (bicyclic) bond motifs is 3. The molecule has 2 amide bonds. The van der Waals surface area contributed by atoms with Gasteiger partial charge in [-0.05, 0) is 59.2 Å². The summed E-state index contributed by atoms with van der Waals surface area (Å²) in [4.78, 5) is 44.4. The van der Waals surface area contributed by atoms with Crippen LogP contribution in [0.15, 0.2) is 59.4 Å². The molecule has 3 aromatic carbocycles. The van der Waals surface area contributed by atoms with Gasteiger partial charge in [0.05, 0.1) is 33.1 Å². The lowest BCUT2D eigenvalue weighted by Gasteiger charge is -2.37. The maximum absolute atomic E-state index is 13.9. The topological polar surface area (TPSA) is 109 Å². The highest BCUT2D eigenvalue weighted by atomic mass is 16.5. The number of rotatable bonds is 10. The molecule has 250 valence electrons. The Bertz CT molecular complexity index is 1650. The molecule has 0 saturated carbocycles. The number of aryl methyl sites for hydroxylation is 1. The van der Waals surface area contributed by atoms with Crippen molar-refractivity contribution in [3.63, 3.8) is 0 Å². The van der Waals surface area contributed by atoms with E-state index >= 15 is 0 Å². The van der Waals surface area contributed by atoms with Crippen molar-refractivity contribution in [1.82, 2.24) is 15.1 Å². The van der Waals surface area contributed by atoms with Crippen LogP contribution in [0.3, 0.4) is 0 Å². The number of amides is 2. The average molecular weight is 643 g/mol. The number of hydrogen-bond donors (Lipinski definition) is 2. The molecule has 1 aliphatic heterocycles. The first-order valence-electron chi connectivity index (χ1n) is 16.2. The van der Waals surface area contributed by atoms with E-state index in [1.54, 1.807) is 33.5 Å². The summed E-state index contributed by atoms with van der Waals surface area (Å²) in [5, 5.41) is 6.36. The Morgan fingerprint density at radius 3 is 2.23 bits per heavy atom. The number of piperazine rings is 1. The molecule has 1 aliphatic carbocycles. The van der Waals surface area contributed by atoms with E-state index in [0.29, 0.717) is 54.4 Å². The smallest absolute Gasteiger partial charge is 0.245 e. The van der Waals surface area contributed by atoms with E-state index in [4.69, 9.17) is 14.2 Å². The van der Waals surface area contributed by atoms with Crippen LogP contribution in [0.5, 0.6) is 17.2 Å². The lowest BCUT2D eigenvalue weighted by Crippen LogP contribution is -2.53. The molecule has 10 heteroatoms. The van der Waals surface area contributed by atoms with Gasteiger partial charge in [0.15, 0.2) is 11.5 Å². The highest BCUT2D eigenvalue weighted by molar-refractivity contribution is 5.86. The minimum Gasteiger partial charge on any atom is -0.493 e. The third-order valence-corrected chi connectivity index (χ3v) is 9.09. The molecule has 0 spiro atoms. The summed E-state index contributed by atoms with van der Waals surface area (Å²) in [5.74, 6) is 1.18. The molecule has 1 fully saturated rings. The zero-order chi connectivity index (χ0) is 33.7. The van der Waals surface area contributed by atoms with Gasteiger partial charge in [0, 0.05) is 45.2 Å². The second-order valence-electron chi connectivity index (χ2n) is 12.5. The van der Waals surface area contributed by atoms with E-state index in [9.17, 15) is 14.4 Å². The fourth-order valence-electron chi connectivity index (χ4n) is 6.67. The molecular weight excluding hydrogens is 596 g/mol. The van der Waals surface area contributed by atoms with Crippen LogP contribution >= 0.6 is 0 Å². The zero-order valence-corrected chi connectivity index (χ0v) is 28.2. The van der Waals surface area contributed by atoms with Crippen molar-refractivity contribution in [1.29, 1.82) is 0 Å². The van der Waals surface area contributed by atoms with E-state index < -0.39 is 12.1 Å². The van der Waals surface area contributed by atoms with Gasteiger partial charge in [-0.3, -0.25) is 19.3 Å². The van der Waals surface area contributed by atoms with E-state index in [1.165, 1.54) is 12.5 Å². The number of carbonyl (C=O) groups is 2. The van der Waals surface area contributed by atoms with Crippen molar-refractivity contribution in [3.05, 3.63) is 81.5 Å². The Morgan fingerprint density at radius 2 is 1.62 bits per heavy atom. The largest absolute Gasteiger partial charge is 0.493 e. The number of nitrogens with zero attached hydrogens (tertiary/aromatic N) is 2. The normalized spacial score (nSPS) is 16.7. The molecule has 5 rings (SSSR count). The number of ether oxygens (including phenoxy) is 3. The molecule has 0 radical (unpaired) electrons. The summed E-state index contributed by atoms with van der Waals surface area (Å²) < 4.78 is 17.2. The van der Waals surface area contributed by atoms with Crippen LogP contribution in [0, 0.1) is 5.92 Å². The molecule has 2 unspecified atom stereocenters. The molecule has 2 atom stereocenters. The Labute approximate surface area is 277 Å².